The summed E-state index contributed by atoms with van der Waals surface area (Å²) in [4.78, 5) is 23.5. The van der Waals surface area contributed by atoms with Gasteiger partial charge in [0.1, 0.15) is 17.1 Å². The molecule has 0 bridgehead atoms. The molecule has 2 rings (SSSR count). The van der Waals surface area contributed by atoms with Crippen molar-refractivity contribution in [1.82, 2.24) is 0 Å². The zero-order chi connectivity index (χ0) is 17.0. The summed E-state index contributed by atoms with van der Waals surface area (Å²) in [5.74, 6) is -2.49. The maximum atomic E-state index is 13.5. The van der Waals surface area contributed by atoms with Crippen molar-refractivity contribution in [2.75, 3.05) is 11.9 Å². The van der Waals surface area contributed by atoms with Crippen molar-refractivity contribution in [3.8, 4) is 5.75 Å². The SMILES string of the molecule is Cc1ccc(O)c(C(=O)OCC(=O)Nc2cc(Cl)ccc2F)c1. The molecule has 0 aromatic heterocycles. The average molecular weight is 338 g/mol. The van der Waals surface area contributed by atoms with Crippen LogP contribution in [0.25, 0.3) is 0 Å². The smallest absolute Gasteiger partial charge is 0.342 e. The number of esters is 1. The number of hydrogen-bond donors (Lipinski definition) is 2. The summed E-state index contributed by atoms with van der Waals surface area (Å²) in [6.07, 6.45) is 0. The molecular formula is C16H13ClFNO4. The summed E-state index contributed by atoms with van der Waals surface area (Å²) in [6.45, 7) is 1.11. The van der Waals surface area contributed by atoms with E-state index in [-0.39, 0.29) is 22.0 Å². The Bertz CT molecular complexity index is 764. The van der Waals surface area contributed by atoms with E-state index in [4.69, 9.17) is 16.3 Å². The number of anilines is 1. The summed E-state index contributed by atoms with van der Waals surface area (Å²) >= 11 is 5.71. The second-order valence-electron chi connectivity index (χ2n) is 4.77. The third-order valence-electron chi connectivity index (χ3n) is 2.91. The van der Waals surface area contributed by atoms with E-state index in [9.17, 15) is 19.1 Å². The van der Waals surface area contributed by atoms with E-state index < -0.39 is 24.3 Å². The van der Waals surface area contributed by atoms with E-state index in [1.54, 1.807) is 13.0 Å². The number of rotatable bonds is 4. The van der Waals surface area contributed by atoms with Crippen LogP contribution in [-0.2, 0) is 9.53 Å². The van der Waals surface area contributed by atoms with Crippen LogP contribution in [0.2, 0.25) is 5.02 Å². The molecule has 0 atom stereocenters. The topological polar surface area (TPSA) is 75.6 Å². The highest BCUT2D eigenvalue weighted by Gasteiger charge is 2.15. The number of phenols is 1. The molecule has 0 aliphatic rings. The molecule has 120 valence electrons. The number of phenolic OH excluding ortho intramolecular Hbond substituents is 1. The van der Waals surface area contributed by atoms with Crippen LogP contribution in [0.1, 0.15) is 15.9 Å². The van der Waals surface area contributed by atoms with E-state index >= 15 is 0 Å². The van der Waals surface area contributed by atoms with Crippen molar-refractivity contribution in [2.24, 2.45) is 0 Å². The summed E-state index contributed by atoms with van der Waals surface area (Å²) in [6, 6.07) is 8.10. The Balaban J connectivity index is 1.97. The fourth-order valence-corrected chi connectivity index (χ4v) is 1.97. The molecule has 0 fully saturated rings. The molecule has 0 heterocycles. The molecule has 0 unspecified atom stereocenters. The number of aromatic hydroxyl groups is 1. The zero-order valence-corrected chi connectivity index (χ0v) is 12.9. The Morgan fingerprint density at radius 3 is 2.74 bits per heavy atom. The quantitative estimate of drug-likeness (QED) is 0.839. The van der Waals surface area contributed by atoms with Gasteiger partial charge in [-0.25, -0.2) is 9.18 Å². The van der Waals surface area contributed by atoms with E-state index in [1.165, 1.54) is 24.3 Å². The Morgan fingerprint density at radius 1 is 1.26 bits per heavy atom. The Hall–Kier alpha value is -2.60. The van der Waals surface area contributed by atoms with Crippen LogP contribution < -0.4 is 5.32 Å². The zero-order valence-electron chi connectivity index (χ0n) is 12.1. The van der Waals surface area contributed by atoms with Crippen molar-refractivity contribution < 1.29 is 23.8 Å². The van der Waals surface area contributed by atoms with Gasteiger partial charge in [-0.1, -0.05) is 23.2 Å². The molecule has 0 spiro atoms. The lowest BCUT2D eigenvalue weighted by Crippen LogP contribution is -2.21. The monoisotopic (exact) mass is 337 g/mol. The first-order chi connectivity index (χ1) is 10.9. The molecule has 0 radical (unpaired) electrons. The van der Waals surface area contributed by atoms with Crippen molar-refractivity contribution in [3.63, 3.8) is 0 Å². The molecule has 5 nitrogen and oxygen atoms in total. The largest absolute Gasteiger partial charge is 0.507 e. The lowest BCUT2D eigenvalue weighted by Gasteiger charge is -2.09. The molecule has 7 heteroatoms. The maximum absolute atomic E-state index is 13.5. The minimum absolute atomic E-state index is 0.0493. The highest BCUT2D eigenvalue weighted by atomic mass is 35.5. The third-order valence-corrected chi connectivity index (χ3v) is 3.14. The predicted octanol–water partition coefficient (Wildman–Crippen LogP) is 3.29. The normalized spacial score (nSPS) is 10.2. The number of aryl methyl sites for hydroxylation is 1. The summed E-state index contributed by atoms with van der Waals surface area (Å²) in [5.41, 5.74) is 0.587. The van der Waals surface area contributed by atoms with Gasteiger partial charge in [0.2, 0.25) is 0 Å². The first-order valence-electron chi connectivity index (χ1n) is 6.58. The fraction of sp³-hybridized carbons (Fsp3) is 0.125. The average Bonchev–Trinajstić information content (AvgIpc) is 2.51. The number of nitrogens with one attached hydrogen (secondary N) is 1. The van der Waals surface area contributed by atoms with E-state index in [2.05, 4.69) is 5.32 Å². The molecule has 0 aliphatic heterocycles. The van der Waals surface area contributed by atoms with Gasteiger partial charge in [0, 0.05) is 5.02 Å². The highest BCUT2D eigenvalue weighted by Crippen LogP contribution is 2.20. The van der Waals surface area contributed by atoms with Gasteiger partial charge in [-0.3, -0.25) is 4.79 Å². The molecule has 2 aromatic carbocycles. The van der Waals surface area contributed by atoms with Gasteiger partial charge in [0.15, 0.2) is 6.61 Å². The first-order valence-corrected chi connectivity index (χ1v) is 6.96. The van der Waals surface area contributed by atoms with Crippen molar-refractivity contribution >= 4 is 29.2 Å². The van der Waals surface area contributed by atoms with Crippen LogP contribution in [0.4, 0.5) is 10.1 Å². The molecule has 23 heavy (non-hydrogen) atoms. The molecule has 1 amide bonds. The van der Waals surface area contributed by atoms with Gasteiger partial charge in [0.25, 0.3) is 5.91 Å². The number of carbonyl (C=O) groups excluding carboxylic acids is 2. The van der Waals surface area contributed by atoms with Gasteiger partial charge in [0.05, 0.1) is 5.69 Å². The van der Waals surface area contributed by atoms with Gasteiger partial charge in [-0.15, -0.1) is 0 Å². The van der Waals surface area contributed by atoms with Crippen LogP contribution in [-0.4, -0.2) is 23.6 Å². The minimum Gasteiger partial charge on any atom is -0.507 e. The van der Waals surface area contributed by atoms with Crippen LogP contribution in [0.3, 0.4) is 0 Å². The minimum atomic E-state index is -0.854. The van der Waals surface area contributed by atoms with E-state index in [0.29, 0.717) is 0 Å². The second-order valence-corrected chi connectivity index (χ2v) is 5.21. The molecular weight excluding hydrogens is 325 g/mol. The third kappa shape index (κ3) is 4.43. The fourth-order valence-electron chi connectivity index (χ4n) is 1.80. The van der Waals surface area contributed by atoms with E-state index in [1.807, 2.05) is 0 Å². The molecule has 2 aromatic rings. The van der Waals surface area contributed by atoms with Crippen molar-refractivity contribution in [2.45, 2.75) is 6.92 Å². The number of halogens is 2. The van der Waals surface area contributed by atoms with Crippen molar-refractivity contribution in [3.05, 3.63) is 58.4 Å². The van der Waals surface area contributed by atoms with Gasteiger partial charge >= 0.3 is 5.97 Å². The standard InChI is InChI=1S/C16H13ClFNO4/c1-9-2-5-14(20)11(6-9)16(22)23-8-15(21)19-13-7-10(17)3-4-12(13)18/h2-7,20H,8H2,1H3,(H,19,21). The van der Waals surface area contributed by atoms with Crippen LogP contribution in [0.5, 0.6) is 5.75 Å². The molecule has 2 N–H and O–H groups in total. The number of hydrogen-bond acceptors (Lipinski definition) is 4. The number of carbonyl (C=O) groups is 2. The summed E-state index contributed by atoms with van der Waals surface area (Å²) in [5, 5.41) is 12.1. The Morgan fingerprint density at radius 2 is 2.00 bits per heavy atom. The van der Waals surface area contributed by atoms with Crippen LogP contribution in [0.15, 0.2) is 36.4 Å². The lowest BCUT2D eigenvalue weighted by molar-refractivity contribution is -0.119. The van der Waals surface area contributed by atoms with E-state index in [0.717, 1.165) is 11.6 Å². The lowest BCUT2D eigenvalue weighted by atomic mass is 10.1. The number of amides is 1. The Labute approximate surface area is 136 Å². The first kappa shape index (κ1) is 16.8. The number of benzene rings is 2. The highest BCUT2D eigenvalue weighted by molar-refractivity contribution is 6.30. The summed E-state index contributed by atoms with van der Waals surface area (Å²) in [7, 11) is 0. The van der Waals surface area contributed by atoms with Crippen LogP contribution in [0, 0.1) is 12.7 Å². The van der Waals surface area contributed by atoms with Gasteiger partial charge in [-0.05, 0) is 37.3 Å². The second kappa shape index (κ2) is 7.11. The number of ether oxygens (including phenoxy) is 1. The molecule has 0 saturated heterocycles. The van der Waals surface area contributed by atoms with Crippen LogP contribution >= 0.6 is 11.6 Å². The van der Waals surface area contributed by atoms with Crippen molar-refractivity contribution in [1.29, 1.82) is 0 Å². The predicted molar refractivity (Wildman–Crippen MR) is 83.2 cm³/mol. The van der Waals surface area contributed by atoms with Gasteiger partial charge in [-0.2, -0.15) is 0 Å². The molecule has 0 aliphatic carbocycles. The molecule has 0 saturated carbocycles. The Kier molecular flexibility index (Phi) is 5.18. The summed E-state index contributed by atoms with van der Waals surface area (Å²) < 4.78 is 18.3. The van der Waals surface area contributed by atoms with Gasteiger partial charge < -0.3 is 15.2 Å². The maximum Gasteiger partial charge on any atom is 0.342 e.